The number of benzene rings is 2. The summed E-state index contributed by atoms with van der Waals surface area (Å²) in [5.41, 5.74) is -1.12. The second kappa shape index (κ2) is 8.56. The van der Waals surface area contributed by atoms with Crippen molar-refractivity contribution in [3.63, 3.8) is 0 Å². The summed E-state index contributed by atoms with van der Waals surface area (Å²) < 4.78 is 49.6. The maximum absolute atomic E-state index is 13.1. The van der Waals surface area contributed by atoms with E-state index in [4.69, 9.17) is 33.3 Å². The molecule has 6 nitrogen and oxygen atoms in total. The Bertz CT molecular complexity index is 1120. The summed E-state index contributed by atoms with van der Waals surface area (Å²) in [4.78, 5) is 26.2. The SMILES string of the molecule is COc1cc(/C=C2\C(=O)NC(=S)N(c3cccc(C(F)(F)F)c3)C2=O)cc(Cl)c1OC. The van der Waals surface area contributed by atoms with Crippen molar-refractivity contribution in [2.45, 2.75) is 6.18 Å². The zero-order valence-electron chi connectivity index (χ0n) is 16.0. The molecule has 1 aliphatic rings. The summed E-state index contributed by atoms with van der Waals surface area (Å²) in [6.45, 7) is 0. The van der Waals surface area contributed by atoms with Crippen LogP contribution in [0.1, 0.15) is 11.1 Å². The van der Waals surface area contributed by atoms with Crippen LogP contribution in [0.4, 0.5) is 18.9 Å². The summed E-state index contributed by atoms with van der Waals surface area (Å²) in [6.07, 6.45) is -3.39. The van der Waals surface area contributed by atoms with E-state index in [1.54, 1.807) is 0 Å². The minimum Gasteiger partial charge on any atom is -0.493 e. The standard InChI is InChI=1S/C20H14ClF3N2O4S/c1-29-15-8-10(7-14(21)16(15)30-2)6-13-17(27)25-19(31)26(18(13)28)12-5-3-4-11(9-12)20(22,23)24/h3-9H,1-2H3,(H,25,27,31)/b13-6+. The van der Waals surface area contributed by atoms with Gasteiger partial charge in [0.2, 0.25) is 0 Å². The highest BCUT2D eigenvalue weighted by Crippen LogP contribution is 2.37. The van der Waals surface area contributed by atoms with Gasteiger partial charge in [-0.15, -0.1) is 0 Å². The van der Waals surface area contributed by atoms with E-state index in [0.717, 1.165) is 23.1 Å². The van der Waals surface area contributed by atoms with Crippen LogP contribution in [-0.4, -0.2) is 31.1 Å². The molecule has 0 spiro atoms. The number of alkyl halides is 3. The van der Waals surface area contributed by atoms with Crippen LogP contribution in [0.2, 0.25) is 5.02 Å². The number of ether oxygens (including phenoxy) is 2. The molecule has 0 aliphatic carbocycles. The number of methoxy groups -OCH3 is 2. The highest BCUT2D eigenvalue weighted by atomic mass is 35.5. The van der Waals surface area contributed by atoms with Crippen molar-refractivity contribution in [2.24, 2.45) is 0 Å². The molecule has 0 atom stereocenters. The first-order valence-corrected chi connectivity index (χ1v) is 9.35. The van der Waals surface area contributed by atoms with Crippen LogP contribution in [0.5, 0.6) is 11.5 Å². The molecule has 1 heterocycles. The fraction of sp³-hybridized carbons (Fsp3) is 0.150. The van der Waals surface area contributed by atoms with Gasteiger partial charge in [-0.3, -0.25) is 19.8 Å². The number of nitrogens with zero attached hydrogens (tertiary/aromatic N) is 1. The Morgan fingerprint density at radius 1 is 1.13 bits per heavy atom. The Balaban J connectivity index is 2.06. The molecule has 0 radical (unpaired) electrons. The Labute approximate surface area is 185 Å². The molecule has 0 unspecified atom stereocenters. The molecule has 0 aromatic heterocycles. The van der Waals surface area contributed by atoms with Crippen LogP contribution in [0, 0.1) is 0 Å². The van der Waals surface area contributed by atoms with E-state index in [9.17, 15) is 22.8 Å². The molecule has 11 heteroatoms. The number of thiocarbonyl (C=S) groups is 1. The Morgan fingerprint density at radius 3 is 2.45 bits per heavy atom. The lowest BCUT2D eigenvalue weighted by Crippen LogP contribution is -2.54. The summed E-state index contributed by atoms with van der Waals surface area (Å²) in [5.74, 6) is -1.17. The first-order chi connectivity index (χ1) is 14.6. The lowest BCUT2D eigenvalue weighted by molar-refractivity contribution is -0.137. The average molecular weight is 471 g/mol. The van der Waals surface area contributed by atoms with Gasteiger partial charge in [0.1, 0.15) is 5.57 Å². The smallest absolute Gasteiger partial charge is 0.416 e. The fourth-order valence-corrected chi connectivity index (χ4v) is 3.48. The Hall–Kier alpha value is -3.11. The van der Waals surface area contributed by atoms with E-state index in [1.807, 2.05) is 0 Å². The molecule has 2 aromatic rings. The van der Waals surface area contributed by atoms with Crippen molar-refractivity contribution in [1.29, 1.82) is 0 Å². The Morgan fingerprint density at radius 2 is 1.84 bits per heavy atom. The number of halogens is 4. The molecule has 0 bridgehead atoms. The minimum atomic E-state index is -4.62. The molecule has 1 saturated heterocycles. The molecule has 162 valence electrons. The molecule has 1 aliphatic heterocycles. The molecule has 31 heavy (non-hydrogen) atoms. The first kappa shape index (κ1) is 22.6. The van der Waals surface area contributed by atoms with Gasteiger partial charge < -0.3 is 9.47 Å². The average Bonchev–Trinajstić information content (AvgIpc) is 2.70. The van der Waals surface area contributed by atoms with Crippen molar-refractivity contribution in [1.82, 2.24) is 5.32 Å². The number of carbonyl (C=O) groups excluding carboxylic acids is 2. The third-order valence-electron chi connectivity index (χ3n) is 4.30. The largest absolute Gasteiger partial charge is 0.493 e. The van der Waals surface area contributed by atoms with Gasteiger partial charge in [0.05, 0.1) is 30.5 Å². The van der Waals surface area contributed by atoms with Gasteiger partial charge in [-0.05, 0) is 54.2 Å². The van der Waals surface area contributed by atoms with Crippen LogP contribution >= 0.6 is 23.8 Å². The lowest BCUT2D eigenvalue weighted by Gasteiger charge is -2.29. The third-order valence-corrected chi connectivity index (χ3v) is 4.87. The van der Waals surface area contributed by atoms with Crippen LogP contribution in [0.25, 0.3) is 6.08 Å². The van der Waals surface area contributed by atoms with E-state index < -0.39 is 23.6 Å². The molecule has 1 N–H and O–H groups in total. The number of rotatable bonds is 4. The maximum Gasteiger partial charge on any atom is 0.416 e. The maximum atomic E-state index is 13.1. The van der Waals surface area contributed by atoms with Crippen molar-refractivity contribution < 1.29 is 32.2 Å². The highest BCUT2D eigenvalue weighted by molar-refractivity contribution is 7.80. The first-order valence-electron chi connectivity index (χ1n) is 8.57. The molecule has 0 saturated carbocycles. The molecule has 2 aromatic carbocycles. The summed E-state index contributed by atoms with van der Waals surface area (Å²) >= 11 is 11.2. The predicted octanol–water partition coefficient (Wildman–Crippen LogP) is 4.21. The summed E-state index contributed by atoms with van der Waals surface area (Å²) in [5, 5.41) is 2.14. The number of anilines is 1. The molecular weight excluding hydrogens is 457 g/mol. The van der Waals surface area contributed by atoms with Gasteiger partial charge in [0.15, 0.2) is 16.6 Å². The van der Waals surface area contributed by atoms with Crippen molar-refractivity contribution in [3.05, 3.63) is 58.1 Å². The number of carbonyl (C=O) groups is 2. The fourth-order valence-electron chi connectivity index (χ4n) is 2.90. The van der Waals surface area contributed by atoms with Gasteiger partial charge in [-0.1, -0.05) is 17.7 Å². The number of hydrogen-bond donors (Lipinski definition) is 1. The van der Waals surface area contributed by atoms with Crippen LogP contribution < -0.4 is 19.7 Å². The van der Waals surface area contributed by atoms with Crippen molar-refractivity contribution >= 4 is 52.5 Å². The van der Waals surface area contributed by atoms with Gasteiger partial charge in [-0.25, -0.2) is 0 Å². The molecule has 2 amide bonds. The van der Waals surface area contributed by atoms with Gasteiger partial charge >= 0.3 is 6.18 Å². The summed E-state index contributed by atoms with van der Waals surface area (Å²) in [7, 11) is 2.78. The van der Waals surface area contributed by atoms with E-state index in [0.29, 0.717) is 5.56 Å². The van der Waals surface area contributed by atoms with Crippen molar-refractivity contribution in [2.75, 3.05) is 19.1 Å². The minimum absolute atomic E-state index is 0.138. The third kappa shape index (κ3) is 4.49. The topological polar surface area (TPSA) is 67.9 Å². The number of nitrogens with one attached hydrogen (secondary N) is 1. The normalized spacial score (nSPS) is 15.9. The molecular formula is C20H14ClF3N2O4S. The summed E-state index contributed by atoms with van der Waals surface area (Å²) in [6, 6.07) is 6.98. The van der Waals surface area contributed by atoms with Crippen molar-refractivity contribution in [3.8, 4) is 11.5 Å². The van der Waals surface area contributed by atoms with E-state index in [2.05, 4.69) is 5.32 Å². The van der Waals surface area contributed by atoms with Gasteiger partial charge in [0, 0.05) is 0 Å². The number of hydrogen-bond acceptors (Lipinski definition) is 5. The zero-order chi connectivity index (χ0) is 22.9. The van der Waals surface area contributed by atoms with E-state index in [-0.39, 0.29) is 32.9 Å². The van der Waals surface area contributed by atoms with Crippen LogP contribution in [-0.2, 0) is 15.8 Å². The second-order valence-corrected chi connectivity index (χ2v) is 7.04. The quantitative estimate of drug-likeness (QED) is 0.412. The number of amides is 2. The second-order valence-electron chi connectivity index (χ2n) is 6.24. The predicted molar refractivity (Wildman–Crippen MR) is 112 cm³/mol. The Kier molecular flexibility index (Phi) is 6.23. The monoisotopic (exact) mass is 470 g/mol. The van der Waals surface area contributed by atoms with E-state index in [1.165, 1.54) is 38.5 Å². The van der Waals surface area contributed by atoms with Crippen LogP contribution in [0.3, 0.4) is 0 Å². The zero-order valence-corrected chi connectivity index (χ0v) is 17.6. The van der Waals surface area contributed by atoms with Gasteiger partial charge in [-0.2, -0.15) is 13.2 Å². The molecule has 3 rings (SSSR count). The highest BCUT2D eigenvalue weighted by Gasteiger charge is 2.36. The van der Waals surface area contributed by atoms with Crippen LogP contribution in [0.15, 0.2) is 42.0 Å². The van der Waals surface area contributed by atoms with Gasteiger partial charge in [0.25, 0.3) is 11.8 Å². The van der Waals surface area contributed by atoms with E-state index >= 15 is 0 Å². The lowest BCUT2D eigenvalue weighted by atomic mass is 10.1. The molecule has 1 fully saturated rings.